The lowest BCUT2D eigenvalue weighted by Crippen LogP contribution is -2.25. The van der Waals surface area contributed by atoms with Gasteiger partial charge < -0.3 is 9.84 Å². The van der Waals surface area contributed by atoms with Crippen LogP contribution in [0.15, 0.2) is 24.3 Å². The molecule has 26 heavy (non-hydrogen) atoms. The van der Waals surface area contributed by atoms with Gasteiger partial charge in [0.05, 0.1) is 5.92 Å². The zero-order valence-corrected chi connectivity index (χ0v) is 16.4. The second-order valence-electron chi connectivity index (χ2n) is 7.13. The summed E-state index contributed by atoms with van der Waals surface area (Å²) in [5, 5.41) is 11.4. The fraction of sp³-hybridized carbons (Fsp3) is 0.476. The molecule has 3 nitrogen and oxygen atoms in total. The highest BCUT2D eigenvalue weighted by atomic mass is 35.5. The Morgan fingerprint density at radius 3 is 2.42 bits per heavy atom. The van der Waals surface area contributed by atoms with Gasteiger partial charge in [0.1, 0.15) is 15.8 Å². The van der Waals surface area contributed by atoms with Crippen LogP contribution < -0.4 is 4.74 Å². The first-order valence-corrected chi connectivity index (χ1v) is 10.1. The standard InChI is InChI=1S/C21H24Cl2O3/c1-2-3-6-13-9-11-14(12-10-13)21(25)26-20-16-8-5-4-7-15(16)19(24)17(22)18(20)23/h4-5,7-8,13-14,24H,2-3,6,9-12H2,1H3. The van der Waals surface area contributed by atoms with Gasteiger partial charge in [-0.3, -0.25) is 4.79 Å². The molecule has 0 aromatic heterocycles. The van der Waals surface area contributed by atoms with Crippen LogP contribution in [0.3, 0.4) is 0 Å². The average Bonchev–Trinajstić information content (AvgIpc) is 2.68. The highest BCUT2D eigenvalue weighted by Gasteiger charge is 2.29. The molecule has 2 aromatic rings. The van der Waals surface area contributed by atoms with Crippen molar-refractivity contribution in [2.45, 2.75) is 51.9 Å². The lowest BCUT2D eigenvalue weighted by molar-refractivity contribution is -0.140. The predicted molar refractivity (Wildman–Crippen MR) is 106 cm³/mol. The number of rotatable bonds is 5. The summed E-state index contributed by atoms with van der Waals surface area (Å²) >= 11 is 12.4. The molecule has 1 aliphatic rings. The van der Waals surface area contributed by atoms with Gasteiger partial charge >= 0.3 is 5.97 Å². The van der Waals surface area contributed by atoms with Crippen molar-refractivity contribution in [1.29, 1.82) is 0 Å². The van der Waals surface area contributed by atoms with Gasteiger partial charge in [0, 0.05) is 10.8 Å². The van der Waals surface area contributed by atoms with Crippen molar-refractivity contribution in [3.8, 4) is 11.5 Å². The van der Waals surface area contributed by atoms with E-state index in [1.807, 2.05) is 6.07 Å². The molecule has 5 heteroatoms. The van der Waals surface area contributed by atoms with Crippen LogP contribution in [-0.4, -0.2) is 11.1 Å². The minimum atomic E-state index is -0.257. The minimum Gasteiger partial charge on any atom is -0.506 e. The fourth-order valence-corrected chi connectivity index (χ4v) is 4.21. The number of ether oxygens (including phenoxy) is 1. The number of aromatic hydroxyl groups is 1. The van der Waals surface area contributed by atoms with Crippen LogP contribution in [0.25, 0.3) is 10.8 Å². The Morgan fingerprint density at radius 1 is 1.12 bits per heavy atom. The zero-order valence-electron chi connectivity index (χ0n) is 14.9. The van der Waals surface area contributed by atoms with Crippen LogP contribution >= 0.6 is 23.2 Å². The van der Waals surface area contributed by atoms with E-state index in [0.29, 0.717) is 10.8 Å². The van der Waals surface area contributed by atoms with E-state index < -0.39 is 0 Å². The van der Waals surface area contributed by atoms with Crippen molar-refractivity contribution in [3.05, 3.63) is 34.3 Å². The number of benzene rings is 2. The van der Waals surface area contributed by atoms with Crippen molar-refractivity contribution in [1.82, 2.24) is 0 Å². The smallest absolute Gasteiger partial charge is 0.314 e. The Bertz CT molecular complexity index is 795. The summed E-state index contributed by atoms with van der Waals surface area (Å²) in [4.78, 5) is 12.7. The van der Waals surface area contributed by atoms with E-state index in [2.05, 4.69) is 6.92 Å². The highest BCUT2D eigenvalue weighted by Crippen LogP contribution is 2.46. The van der Waals surface area contributed by atoms with Gasteiger partial charge in [-0.25, -0.2) is 0 Å². The molecule has 0 bridgehead atoms. The maximum atomic E-state index is 12.7. The maximum absolute atomic E-state index is 12.7. The first-order valence-electron chi connectivity index (χ1n) is 9.33. The number of unbranched alkanes of at least 4 members (excludes halogenated alkanes) is 1. The predicted octanol–water partition coefficient (Wildman–Crippen LogP) is 6.75. The highest BCUT2D eigenvalue weighted by molar-refractivity contribution is 6.45. The molecule has 1 aliphatic carbocycles. The first kappa shape index (κ1) is 19.3. The SMILES string of the molecule is CCCCC1CCC(C(=O)Oc2c(Cl)c(Cl)c(O)c3ccccc23)CC1. The molecule has 0 amide bonds. The number of esters is 1. The number of carbonyl (C=O) groups excluding carboxylic acids is 1. The molecule has 0 radical (unpaired) electrons. The van der Waals surface area contributed by atoms with Crippen molar-refractivity contribution in [2.24, 2.45) is 11.8 Å². The van der Waals surface area contributed by atoms with Crippen molar-refractivity contribution >= 4 is 39.9 Å². The number of phenolic OH excluding ortho intramolecular Hbond substituents is 1. The summed E-state index contributed by atoms with van der Waals surface area (Å²) in [6, 6.07) is 7.09. The summed E-state index contributed by atoms with van der Waals surface area (Å²) < 4.78 is 5.68. The average molecular weight is 395 g/mol. The molecular formula is C21H24Cl2O3. The second-order valence-corrected chi connectivity index (χ2v) is 7.89. The van der Waals surface area contributed by atoms with E-state index in [1.54, 1.807) is 18.2 Å². The van der Waals surface area contributed by atoms with Crippen molar-refractivity contribution in [3.63, 3.8) is 0 Å². The van der Waals surface area contributed by atoms with E-state index in [-0.39, 0.29) is 33.4 Å². The summed E-state index contributed by atoms with van der Waals surface area (Å²) in [7, 11) is 0. The van der Waals surface area contributed by atoms with Crippen LogP contribution in [0.2, 0.25) is 10.0 Å². The van der Waals surface area contributed by atoms with Gasteiger partial charge in [-0.05, 0) is 31.6 Å². The number of hydrogen-bond donors (Lipinski definition) is 1. The van der Waals surface area contributed by atoms with Gasteiger partial charge in [0.2, 0.25) is 0 Å². The maximum Gasteiger partial charge on any atom is 0.314 e. The summed E-state index contributed by atoms with van der Waals surface area (Å²) in [6.45, 7) is 2.21. The number of phenols is 1. The number of hydrogen-bond acceptors (Lipinski definition) is 3. The van der Waals surface area contributed by atoms with E-state index in [1.165, 1.54) is 19.3 Å². The van der Waals surface area contributed by atoms with Crippen molar-refractivity contribution < 1.29 is 14.6 Å². The molecule has 0 heterocycles. The van der Waals surface area contributed by atoms with Gasteiger partial charge in [-0.1, -0.05) is 73.7 Å². The van der Waals surface area contributed by atoms with E-state index >= 15 is 0 Å². The van der Waals surface area contributed by atoms with E-state index in [0.717, 1.165) is 31.6 Å². The molecular weight excluding hydrogens is 371 g/mol. The monoisotopic (exact) mass is 394 g/mol. The molecule has 1 saturated carbocycles. The summed E-state index contributed by atoms with van der Waals surface area (Å²) in [5.74, 6) is 0.515. The molecule has 0 saturated heterocycles. The molecule has 2 aromatic carbocycles. The van der Waals surface area contributed by atoms with Gasteiger partial charge in [0.15, 0.2) is 5.75 Å². The molecule has 1 N–H and O–H groups in total. The molecule has 0 atom stereocenters. The van der Waals surface area contributed by atoms with Gasteiger partial charge in [-0.15, -0.1) is 0 Å². The molecule has 0 aliphatic heterocycles. The van der Waals surface area contributed by atoms with Crippen LogP contribution in [0.1, 0.15) is 51.9 Å². The van der Waals surface area contributed by atoms with Gasteiger partial charge in [0.25, 0.3) is 0 Å². The third kappa shape index (κ3) is 3.94. The topological polar surface area (TPSA) is 46.5 Å². The Kier molecular flexibility index (Phi) is 6.31. The van der Waals surface area contributed by atoms with E-state index in [4.69, 9.17) is 27.9 Å². The molecule has 140 valence electrons. The summed E-state index contributed by atoms with van der Waals surface area (Å²) in [6.07, 6.45) is 7.59. The van der Waals surface area contributed by atoms with Crippen LogP contribution in [0.4, 0.5) is 0 Å². The lowest BCUT2D eigenvalue weighted by atomic mass is 9.80. The zero-order chi connectivity index (χ0) is 18.7. The lowest BCUT2D eigenvalue weighted by Gasteiger charge is -2.27. The van der Waals surface area contributed by atoms with Crippen LogP contribution in [-0.2, 0) is 4.79 Å². The Balaban J connectivity index is 1.76. The quantitative estimate of drug-likeness (QED) is 0.450. The number of fused-ring (bicyclic) bond motifs is 1. The Hall–Kier alpha value is -1.45. The number of halogens is 2. The van der Waals surface area contributed by atoms with E-state index in [9.17, 15) is 9.90 Å². The third-order valence-corrected chi connectivity index (χ3v) is 6.20. The Morgan fingerprint density at radius 2 is 1.77 bits per heavy atom. The first-order chi connectivity index (χ1) is 12.5. The van der Waals surface area contributed by atoms with Crippen LogP contribution in [0, 0.1) is 11.8 Å². The molecule has 1 fully saturated rings. The second kappa shape index (κ2) is 8.49. The third-order valence-electron chi connectivity index (χ3n) is 5.38. The number of carbonyl (C=O) groups is 1. The van der Waals surface area contributed by atoms with Crippen molar-refractivity contribution in [2.75, 3.05) is 0 Å². The molecule has 0 spiro atoms. The molecule has 0 unspecified atom stereocenters. The normalized spacial score (nSPS) is 20.3. The van der Waals surface area contributed by atoms with Gasteiger partial charge in [-0.2, -0.15) is 0 Å². The largest absolute Gasteiger partial charge is 0.506 e. The minimum absolute atomic E-state index is 0.0106. The summed E-state index contributed by atoms with van der Waals surface area (Å²) in [5.41, 5.74) is 0. The fourth-order valence-electron chi connectivity index (χ4n) is 3.79. The molecule has 3 rings (SSSR count). The van der Waals surface area contributed by atoms with Crippen LogP contribution in [0.5, 0.6) is 11.5 Å². The Labute approximate surface area is 164 Å².